The molecule has 106 valence electrons. The average molecular weight is 300 g/mol. The molecule has 2 N–H and O–H groups in total. The molecule has 1 atom stereocenters. The van der Waals surface area contributed by atoms with Gasteiger partial charge in [0.1, 0.15) is 0 Å². The minimum absolute atomic E-state index is 0.349. The highest BCUT2D eigenvalue weighted by atomic mass is 32.2. The molecule has 19 heavy (non-hydrogen) atoms. The van der Waals surface area contributed by atoms with E-state index in [9.17, 15) is 8.42 Å². The van der Waals surface area contributed by atoms with Crippen LogP contribution in [0.3, 0.4) is 0 Å². The van der Waals surface area contributed by atoms with E-state index in [2.05, 4.69) is 6.92 Å². The van der Waals surface area contributed by atoms with Crippen molar-refractivity contribution in [2.45, 2.75) is 30.5 Å². The predicted molar refractivity (Wildman–Crippen MR) is 79.7 cm³/mol. The van der Waals surface area contributed by atoms with Gasteiger partial charge in [-0.2, -0.15) is 16.1 Å². The number of nitrogens with zero attached hydrogens (tertiary/aromatic N) is 1. The summed E-state index contributed by atoms with van der Waals surface area (Å²) >= 11 is 1.82. The molecule has 0 aromatic heterocycles. The predicted octanol–water partition coefficient (Wildman–Crippen LogP) is 1.58. The van der Waals surface area contributed by atoms with Crippen molar-refractivity contribution < 1.29 is 8.42 Å². The van der Waals surface area contributed by atoms with Crippen molar-refractivity contribution in [3.8, 4) is 0 Å². The van der Waals surface area contributed by atoms with Gasteiger partial charge in [0.05, 0.1) is 4.90 Å². The van der Waals surface area contributed by atoms with E-state index in [-0.39, 0.29) is 0 Å². The molecule has 0 saturated carbocycles. The van der Waals surface area contributed by atoms with Crippen molar-refractivity contribution in [1.29, 1.82) is 0 Å². The zero-order valence-corrected chi connectivity index (χ0v) is 12.9. The Morgan fingerprint density at radius 3 is 2.84 bits per heavy atom. The molecule has 0 bridgehead atoms. The van der Waals surface area contributed by atoms with Crippen LogP contribution in [0, 0.1) is 6.92 Å². The van der Waals surface area contributed by atoms with Gasteiger partial charge in [0, 0.05) is 30.6 Å². The van der Waals surface area contributed by atoms with Crippen LogP contribution in [0.15, 0.2) is 23.1 Å². The maximum absolute atomic E-state index is 12.7. The first kappa shape index (κ1) is 14.8. The minimum Gasteiger partial charge on any atom is -0.326 e. The highest BCUT2D eigenvalue weighted by Crippen LogP contribution is 2.27. The number of thioether (sulfide) groups is 1. The van der Waals surface area contributed by atoms with Crippen LogP contribution in [-0.4, -0.2) is 36.8 Å². The van der Waals surface area contributed by atoms with Gasteiger partial charge in [0.15, 0.2) is 0 Å². The van der Waals surface area contributed by atoms with Crippen molar-refractivity contribution in [2.75, 3.05) is 18.8 Å². The Kier molecular flexibility index (Phi) is 4.55. The number of rotatable bonds is 3. The first-order valence-electron chi connectivity index (χ1n) is 6.37. The summed E-state index contributed by atoms with van der Waals surface area (Å²) in [5.41, 5.74) is 7.31. The molecule has 1 aromatic rings. The van der Waals surface area contributed by atoms with Crippen LogP contribution in [0.25, 0.3) is 0 Å². The summed E-state index contributed by atoms with van der Waals surface area (Å²) in [6.07, 6.45) is 0. The Hall–Kier alpha value is -0.560. The van der Waals surface area contributed by atoms with E-state index in [4.69, 9.17) is 5.73 Å². The summed E-state index contributed by atoms with van der Waals surface area (Å²) in [6.45, 7) is 5.43. The molecule has 1 aromatic carbocycles. The molecule has 0 spiro atoms. The van der Waals surface area contributed by atoms with Gasteiger partial charge in [0.2, 0.25) is 10.0 Å². The van der Waals surface area contributed by atoms with Crippen molar-refractivity contribution in [3.05, 3.63) is 29.3 Å². The van der Waals surface area contributed by atoms with E-state index in [0.29, 0.717) is 29.8 Å². The number of hydrogen-bond donors (Lipinski definition) is 1. The second-order valence-corrected chi connectivity index (χ2v) is 8.24. The van der Waals surface area contributed by atoms with Gasteiger partial charge in [-0.25, -0.2) is 8.42 Å². The third-order valence-electron chi connectivity index (χ3n) is 3.44. The van der Waals surface area contributed by atoms with Gasteiger partial charge < -0.3 is 5.73 Å². The normalized spacial score (nSPS) is 21.5. The summed E-state index contributed by atoms with van der Waals surface area (Å²) in [5, 5.41) is 0.349. The van der Waals surface area contributed by atoms with Crippen molar-refractivity contribution in [1.82, 2.24) is 4.31 Å². The molecule has 1 aliphatic heterocycles. The largest absolute Gasteiger partial charge is 0.326 e. The lowest BCUT2D eigenvalue weighted by Crippen LogP contribution is -2.41. The minimum atomic E-state index is -3.39. The number of sulfonamides is 1. The summed E-state index contributed by atoms with van der Waals surface area (Å²) < 4.78 is 27.0. The topological polar surface area (TPSA) is 63.4 Å². The average Bonchev–Trinajstić information content (AvgIpc) is 2.38. The van der Waals surface area contributed by atoms with Crippen LogP contribution in [0.1, 0.15) is 18.1 Å². The van der Waals surface area contributed by atoms with E-state index < -0.39 is 10.0 Å². The van der Waals surface area contributed by atoms with Gasteiger partial charge in [-0.3, -0.25) is 0 Å². The number of benzene rings is 1. The first-order valence-corrected chi connectivity index (χ1v) is 8.86. The molecule has 0 radical (unpaired) electrons. The van der Waals surface area contributed by atoms with E-state index in [1.165, 1.54) is 0 Å². The van der Waals surface area contributed by atoms with Crippen LogP contribution in [-0.2, 0) is 16.6 Å². The lowest BCUT2D eigenvalue weighted by molar-refractivity contribution is 0.424. The Labute approximate surface area is 119 Å². The quantitative estimate of drug-likeness (QED) is 0.920. The summed E-state index contributed by atoms with van der Waals surface area (Å²) in [4.78, 5) is 0.398. The lowest BCUT2D eigenvalue weighted by atomic mass is 10.1. The standard InChI is InChI=1S/C13H20N2O2S2/c1-10-9-15(6-7-18-10)19(16,17)13-5-3-4-12(8-14)11(13)2/h3-5,10H,6-9,14H2,1-2H3. The van der Waals surface area contributed by atoms with Gasteiger partial charge in [0.25, 0.3) is 0 Å². The Morgan fingerprint density at radius 2 is 2.21 bits per heavy atom. The third kappa shape index (κ3) is 2.97. The zero-order chi connectivity index (χ0) is 14.0. The smallest absolute Gasteiger partial charge is 0.243 e. The Balaban J connectivity index is 2.39. The molecular weight excluding hydrogens is 280 g/mol. The number of nitrogens with two attached hydrogens (primary N) is 1. The maximum atomic E-state index is 12.7. The SMILES string of the molecule is Cc1c(CN)cccc1S(=O)(=O)N1CCSC(C)C1. The Morgan fingerprint density at radius 1 is 1.47 bits per heavy atom. The third-order valence-corrected chi connectivity index (χ3v) is 6.58. The van der Waals surface area contributed by atoms with Crippen molar-refractivity contribution in [2.24, 2.45) is 5.73 Å². The molecule has 2 rings (SSSR count). The van der Waals surface area contributed by atoms with Gasteiger partial charge >= 0.3 is 0 Å². The summed E-state index contributed by atoms with van der Waals surface area (Å²) in [6, 6.07) is 5.32. The summed E-state index contributed by atoms with van der Waals surface area (Å²) in [5.74, 6) is 0.857. The lowest BCUT2D eigenvalue weighted by Gasteiger charge is -2.30. The molecule has 1 aliphatic rings. The highest BCUT2D eigenvalue weighted by molar-refractivity contribution is 8.00. The van der Waals surface area contributed by atoms with E-state index >= 15 is 0 Å². The van der Waals surface area contributed by atoms with Crippen LogP contribution < -0.4 is 5.73 Å². The fourth-order valence-corrected chi connectivity index (χ4v) is 5.33. The molecule has 1 saturated heterocycles. The van der Waals surface area contributed by atoms with Crippen LogP contribution >= 0.6 is 11.8 Å². The highest BCUT2D eigenvalue weighted by Gasteiger charge is 2.30. The molecule has 0 amide bonds. The second kappa shape index (κ2) is 5.83. The van der Waals surface area contributed by atoms with Crippen LogP contribution in [0.5, 0.6) is 0 Å². The summed E-state index contributed by atoms with van der Waals surface area (Å²) in [7, 11) is -3.39. The fourth-order valence-electron chi connectivity index (χ4n) is 2.30. The van der Waals surface area contributed by atoms with E-state index in [1.807, 2.05) is 24.8 Å². The Bertz CT molecular complexity index is 558. The zero-order valence-electron chi connectivity index (χ0n) is 11.3. The molecular formula is C13H20N2O2S2. The molecule has 4 nitrogen and oxygen atoms in total. The molecule has 6 heteroatoms. The van der Waals surface area contributed by atoms with Gasteiger partial charge in [-0.05, 0) is 24.1 Å². The van der Waals surface area contributed by atoms with Gasteiger partial charge in [-0.1, -0.05) is 19.1 Å². The molecule has 1 unspecified atom stereocenters. The number of hydrogen-bond acceptors (Lipinski definition) is 4. The molecule has 1 fully saturated rings. The second-order valence-electron chi connectivity index (χ2n) is 4.79. The van der Waals surface area contributed by atoms with Gasteiger partial charge in [-0.15, -0.1) is 0 Å². The van der Waals surface area contributed by atoms with Crippen LogP contribution in [0.2, 0.25) is 0 Å². The van der Waals surface area contributed by atoms with E-state index in [0.717, 1.165) is 16.9 Å². The molecule has 0 aliphatic carbocycles. The first-order chi connectivity index (χ1) is 8.96. The molecule has 1 heterocycles. The monoisotopic (exact) mass is 300 g/mol. The van der Waals surface area contributed by atoms with Crippen LogP contribution in [0.4, 0.5) is 0 Å². The maximum Gasteiger partial charge on any atom is 0.243 e. The van der Waals surface area contributed by atoms with Crippen molar-refractivity contribution in [3.63, 3.8) is 0 Å². The fraction of sp³-hybridized carbons (Fsp3) is 0.538. The van der Waals surface area contributed by atoms with Crippen molar-refractivity contribution >= 4 is 21.8 Å². The van der Waals surface area contributed by atoms with E-state index in [1.54, 1.807) is 16.4 Å².